The van der Waals surface area contributed by atoms with Crippen molar-refractivity contribution in [3.63, 3.8) is 0 Å². The van der Waals surface area contributed by atoms with Crippen LogP contribution < -0.4 is 14.8 Å². The summed E-state index contributed by atoms with van der Waals surface area (Å²) in [6, 6.07) is 13.5. The van der Waals surface area contributed by atoms with Crippen LogP contribution in [0.2, 0.25) is 0 Å². The lowest BCUT2D eigenvalue weighted by Gasteiger charge is -2.59. The molecule has 0 saturated heterocycles. The smallest absolute Gasteiger partial charge is 0.412 e. The predicted molar refractivity (Wildman–Crippen MR) is 255 cm³/mol. The zero-order chi connectivity index (χ0) is 46.8. The molecule has 12 nitrogen and oxygen atoms in total. The minimum absolute atomic E-state index is 0.00633. The van der Waals surface area contributed by atoms with Crippen LogP contribution in [0.4, 0.5) is 4.79 Å². The van der Waals surface area contributed by atoms with Crippen LogP contribution in [-0.4, -0.2) is 83.7 Å². The molecule has 1 aliphatic heterocycles. The summed E-state index contributed by atoms with van der Waals surface area (Å²) in [5.41, 5.74) is 2.70. The molecule has 6 atom stereocenters. The summed E-state index contributed by atoms with van der Waals surface area (Å²) < 4.78 is 20.2. The number of oxime groups is 1. The molecule has 1 heterocycles. The highest BCUT2D eigenvalue weighted by molar-refractivity contribution is 6.03. The Labute approximate surface area is 388 Å². The Morgan fingerprint density at radius 2 is 1.62 bits per heavy atom. The van der Waals surface area contributed by atoms with Gasteiger partial charge in [0.2, 0.25) is 5.79 Å². The van der Waals surface area contributed by atoms with Crippen molar-refractivity contribution in [2.75, 3.05) is 33.4 Å². The molecular formula is C53H76N4O8. The molecule has 6 unspecified atom stereocenters. The van der Waals surface area contributed by atoms with Gasteiger partial charge in [-0.05, 0) is 113 Å². The number of unbranched alkanes of at least 4 members (excludes halogenated alkanes) is 11. The number of carbonyl (C=O) groups excluding carboxylic acids is 2. The number of allylic oxidation sites excluding steroid dienone is 1. The van der Waals surface area contributed by atoms with Gasteiger partial charge in [0.1, 0.15) is 23.1 Å². The van der Waals surface area contributed by atoms with Crippen molar-refractivity contribution < 1.29 is 38.9 Å². The number of hydrogen-bond acceptors (Lipinski definition) is 10. The fraction of sp³-hybridized carbons (Fsp3) is 0.623. The number of carbonyl (C=O) groups is 2. The molecule has 356 valence electrons. The Bertz CT molecular complexity index is 1950. The molecule has 1 fully saturated rings. The van der Waals surface area contributed by atoms with Crippen molar-refractivity contribution in [2.24, 2.45) is 22.9 Å². The van der Waals surface area contributed by atoms with Gasteiger partial charge in [-0.25, -0.2) is 4.79 Å². The van der Waals surface area contributed by atoms with Crippen molar-refractivity contribution in [1.82, 2.24) is 10.2 Å². The summed E-state index contributed by atoms with van der Waals surface area (Å²) in [5, 5.41) is 37.1. The van der Waals surface area contributed by atoms with Gasteiger partial charge in [0.25, 0.3) is 5.91 Å². The quantitative estimate of drug-likeness (QED) is 0.0474. The second-order valence-electron chi connectivity index (χ2n) is 19.1. The van der Waals surface area contributed by atoms with E-state index in [1.54, 1.807) is 48.4 Å². The maximum Gasteiger partial charge on any atom is 0.412 e. The number of nitrogens with one attached hydrogen (secondary N) is 1. The number of aliphatic hydroxyl groups excluding tert-OH is 2. The highest BCUT2D eigenvalue weighted by atomic mass is 16.7. The van der Waals surface area contributed by atoms with Gasteiger partial charge in [0.05, 0.1) is 29.9 Å². The molecule has 0 radical (unpaired) electrons. The number of nitriles is 1. The maximum absolute atomic E-state index is 14.6. The molecule has 2 aliphatic carbocycles. The number of fused-ring (bicyclic) bond motifs is 2. The molecule has 2 aromatic carbocycles. The minimum atomic E-state index is -1.43. The summed E-state index contributed by atoms with van der Waals surface area (Å²) in [6.45, 7) is 12.9. The first-order valence-corrected chi connectivity index (χ1v) is 24.4. The summed E-state index contributed by atoms with van der Waals surface area (Å²) >= 11 is 0. The van der Waals surface area contributed by atoms with Crippen LogP contribution in [0, 0.1) is 29.1 Å². The Morgan fingerprint density at radius 1 is 0.954 bits per heavy atom. The highest BCUT2D eigenvalue weighted by Gasteiger charge is 2.65. The number of benzene rings is 2. The van der Waals surface area contributed by atoms with E-state index in [2.05, 4.69) is 31.0 Å². The van der Waals surface area contributed by atoms with E-state index in [1.165, 1.54) is 44.9 Å². The zero-order valence-electron chi connectivity index (χ0n) is 39.8. The molecule has 1 saturated carbocycles. The Morgan fingerprint density at radius 3 is 2.25 bits per heavy atom. The average Bonchev–Trinajstić information content (AvgIpc) is 3.29. The topological polar surface area (TPSA) is 163 Å². The van der Waals surface area contributed by atoms with Crippen LogP contribution in [-0.2, 0) is 9.57 Å². The number of ether oxygens (including phenoxy) is 3. The molecule has 2 aromatic rings. The first kappa shape index (κ1) is 51.3. The lowest BCUT2D eigenvalue weighted by Crippen LogP contribution is -2.69. The molecule has 65 heavy (non-hydrogen) atoms. The molecule has 12 heteroatoms. The van der Waals surface area contributed by atoms with E-state index in [-0.39, 0.29) is 49.9 Å². The van der Waals surface area contributed by atoms with E-state index < -0.39 is 29.4 Å². The molecule has 5 rings (SSSR count). The van der Waals surface area contributed by atoms with E-state index in [1.807, 2.05) is 32.9 Å². The number of hydrogen-bond donors (Lipinski definition) is 3. The third-order valence-electron chi connectivity index (χ3n) is 13.1. The van der Waals surface area contributed by atoms with Gasteiger partial charge in [-0.2, -0.15) is 5.26 Å². The molecule has 0 aromatic heterocycles. The minimum Gasteiger partial charge on any atom is -0.459 e. The largest absolute Gasteiger partial charge is 0.459 e. The van der Waals surface area contributed by atoms with Crippen molar-refractivity contribution in [3.8, 4) is 17.6 Å². The van der Waals surface area contributed by atoms with Crippen LogP contribution in [0.3, 0.4) is 0 Å². The summed E-state index contributed by atoms with van der Waals surface area (Å²) in [4.78, 5) is 35.7. The van der Waals surface area contributed by atoms with E-state index in [4.69, 9.17) is 24.2 Å². The lowest BCUT2D eigenvalue weighted by atomic mass is 9.55. The highest BCUT2D eigenvalue weighted by Crippen LogP contribution is 2.62. The van der Waals surface area contributed by atoms with Crippen LogP contribution in [0.5, 0.6) is 11.5 Å². The standard InChI is InChI=1S/C53H76N4O8/c1-7-9-10-11-12-13-14-15-16-19-30-55-51(61)63-41-28-29-46-44(35-41)48-42(23-18-21-32-59)40(22-17-20-31-58)34-43-45(56-65-52(3,4)5)36-47(53(64-46,49(43)48)62-33-8-2)57(6)50(60)39-26-24-38(37-54)25-27-39/h8,24-29,34-35,40,42,47-49,58-59H,2,7,9-23,30-33,36H2,1,3-6H3,(H,55,61). The molecule has 3 N–H and O–H groups in total. The SMILES string of the molecule is C=CCOC12Oc3ccc(OC(=O)NCCCCCCCCCCCC)cc3C3C(CCCCO)C(CCCCO)C=C(C(=NOC(C)(C)C)CC1N(C)C(=O)c1ccc(C#N)cc1)C32. The number of likely N-dealkylation sites (N-methyl/N-ethyl adjacent to an activating group) is 1. The van der Waals surface area contributed by atoms with Gasteiger partial charge < -0.3 is 39.5 Å². The third-order valence-corrected chi connectivity index (χ3v) is 13.1. The Kier molecular flexibility index (Phi) is 19.9. The fourth-order valence-corrected chi connectivity index (χ4v) is 9.96. The summed E-state index contributed by atoms with van der Waals surface area (Å²) in [5.74, 6) is -1.50. The first-order valence-electron chi connectivity index (χ1n) is 24.4. The van der Waals surface area contributed by atoms with Gasteiger partial charge >= 0.3 is 6.09 Å². The molecular weight excluding hydrogens is 821 g/mol. The van der Waals surface area contributed by atoms with E-state index >= 15 is 0 Å². The van der Waals surface area contributed by atoms with Gasteiger partial charge in [-0.3, -0.25) is 4.79 Å². The second-order valence-corrected chi connectivity index (χ2v) is 19.1. The van der Waals surface area contributed by atoms with Crippen molar-refractivity contribution in [1.29, 1.82) is 5.26 Å². The first-order chi connectivity index (χ1) is 31.4. The Balaban J connectivity index is 1.55. The molecule has 2 amide bonds. The van der Waals surface area contributed by atoms with Crippen LogP contribution in [0.25, 0.3) is 0 Å². The lowest BCUT2D eigenvalue weighted by molar-refractivity contribution is -0.252. The van der Waals surface area contributed by atoms with Crippen LogP contribution >= 0.6 is 0 Å². The number of nitrogens with zero attached hydrogens (tertiary/aromatic N) is 3. The maximum atomic E-state index is 14.6. The average molecular weight is 897 g/mol. The second kappa shape index (κ2) is 25.3. The van der Waals surface area contributed by atoms with Crippen LogP contribution in [0.15, 0.2) is 71.9 Å². The summed E-state index contributed by atoms with van der Waals surface area (Å²) in [7, 11) is 1.75. The fourth-order valence-electron chi connectivity index (χ4n) is 9.96. The number of rotatable bonds is 26. The molecule has 3 aliphatic rings. The van der Waals surface area contributed by atoms with E-state index in [0.29, 0.717) is 47.7 Å². The number of aliphatic hydroxyl groups is 2. The van der Waals surface area contributed by atoms with Gasteiger partial charge in [-0.15, -0.1) is 6.58 Å². The van der Waals surface area contributed by atoms with Gasteiger partial charge in [0.15, 0.2) is 0 Å². The zero-order valence-corrected chi connectivity index (χ0v) is 39.8. The molecule has 0 bridgehead atoms. The van der Waals surface area contributed by atoms with E-state index in [9.17, 15) is 25.1 Å². The van der Waals surface area contributed by atoms with Crippen molar-refractivity contribution >= 4 is 17.7 Å². The Hall–Kier alpha value is -4.70. The van der Waals surface area contributed by atoms with Crippen LogP contribution in [0.1, 0.15) is 164 Å². The van der Waals surface area contributed by atoms with E-state index in [0.717, 1.165) is 56.1 Å². The number of amides is 2. The van der Waals surface area contributed by atoms with Crippen molar-refractivity contribution in [3.05, 3.63) is 83.5 Å². The molecule has 0 spiro atoms. The normalized spacial score (nSPS) is 22.7. The van der Waals surface area contributed by atoms with Gasteiger partial charge in [-0.1, -0.05) is 94.9 Å². The predicted octanol–water partition coefficient (Wildman–Crippen LogP) is 10.8. The summed E-state index contributed by atoms with van der Waals surface area (Å²) in [6.07, 6.45) is 20.3. The van der Waals surface area contributed by atoms with Gasteiger partial charge in [0, 0.05) is 50.3 Å². The third kappa shape index (κ3) is 13.7. The monoisotopic (exact) mass is 897 g/mol. The van der Waals surface area contributed by atoms with Crippen molar-refractivity contribution in [2.45, 2.75) is 160 Å².